The van der Waals surface area contributed by atoms with Crippen LogP contribution in [0.5, 0.6) is 0 Å². The highest BCUT2D eigenvalue weighted by Gasteiger charge is 2.13. The Hall–Kier alpha value is -2.97. The van der Waals surface area contributed by atoms with Gasteiger partial charge in [0.15, 0.2) is 11.4 Å². The smallest absolute Gasteiger partial charge is 0.215 e. The summed E-state index contributed by atoms with van der Waals surface area (Å²) in [5, 5.41) is 4.22. The molecule has 0 bridgehead atoms. The maximum absolute atomic E-state index is 11.6. The first-order valence-corrected chi connectivity index (χ1v) is 10.1. The lowest BCUT2D eigenvalue weighted by Gasteiger charge is -2.07. The number of anilines is 1. The molecule has 27 heavy (non-hydrogen) atoms. The summed E-state index contributed by atoms with van der Waals surface area (Å²) < 4.78 is 31.4. The van der Waals surface area contributed by atoms with Gasteiger partial charge in [0, 0.05) is 11.9 Å². The van der Waals surface area contributed by atoms with Crippen molar-refractivity contribution in [1.29, 1.82) is 0 Å². The molecule has 0 radical (unpaired) electrons. The third-order valence-corrected chi connectivity index (χ3v) is 5.64. The number of furan rings is 1. The molecule has 8 heteroatoms. The molecule has 0 saturated heterocycles. The summed E-state index contributed by atoms with van der Waals surface area (Å²) in [4.78, 5) is 8.62. The fraction of sp³-hybridized carbons (Fsp3) is 0.158. The number of hydrogen-bond acceptors (Lipinski definition) is 6. The summed E-state index contributed by atoms with van der Waals surface area (Å²) >= 11 is 0. The van der Waals surface area contributed by atoms with Crippen LogP contribution >= 0.6 is 0 Å². The zero-order valence-corrected chi connectivity index (χ0v) is 15.5. The molecule has 2 aromatic heterocycles. The number of hydrogen-bond donors (Lipinski definition) is 2. The average molecular weight is 382 g/mol. The van der Waals surface area contributed by atoms with E-state index in [4.69, 9.17) is 4.42 Å². The van der Waals surface area contributed by atoms with Gasteiger partial charge in [-0.3, -0.25) is 0 Å². The normalized spacial score (nSPS) is 11.9. The Labute approximate surface area is 156 Å². The van der Waals surface area contributed by atoms with Crippen LogP contribution in [0.15, 0.2) is 59.3 Å². The molecule has 4 aromatic rings. The Kier molecular flexibility index (Phi) is 4.51. The van der Waals surface area contributed by atoms with E-state index in [2.05, 4.69) is 20.0 Å². The van der Waals surface area contributed by atoms with E-state index < -0.39 is 10.0 Å². The van der Waals surface area contributed by atoms with Crippen molar-refractivity contribution in [3.05, 3.63) is 66.0 Å². The molecule has 138 valence electrons. The van der Waals surface area contributed by atoms with Crippen molar-refractivity contribution in [2.24, 2.45) is 0 Å². The van der Waals surface area contributed by atoms with Gasteiger partial charge < -0.3 is 9.73 Å². The van der Waals surface area contributed by atoms with E-state index in [9.17, 15) is 8.42 Å². The number of aromatic nitrogens is 2. The van der Waals surface area contributed by atoms with Gasteiger partial charge in [0.25, 0.3) is 0 Å². The van der Waals surface area contributed by atoms with Gasteiger partial charge in [0.05, 0.1) is 5.75 Å². The summed E-state index contributed by atoms with van der Waals surface area (Å²) in [6, 6.07) is 15.1. The third-order valence-electron chi connectivity index (χ3n) is 4.31. The molecule has 4 rings (SSSR count). The van der Waals surface area contributed by atoms with Crippen LogP contribution < -0.4 is 10.0 Å². The van der Waals surface area contributed by atoms with Crippen LogP contribution in [0.3, 0.4) is 0 Å². The SMILES string of the molecule is CNS(=O)(=O)Cc1ccc(CNc2ncnc3c2oc2ccccc23)cc1. The van der Waals surface area contributed by atoms with E-state index in [1.54, 1.807) is 0 Å². The van der Waals surface area contributed by atoms with E-state index in [0.717, 1.165) is 27.6 Å². The van der Waals surface area contributed by atoms with Crippen molar-refractivity contribution in [2.45, 2.75) is 12.3 Å². The molecule has 0 fully saturated rings. The Bertz CT molecular complexity index is 1200. The van der Waals surface area contributed by atoms with E-state index in [-0.39, 0.29) is 5.75 Å². The molecule has 7 nitrogen and oxygen atoms in total. The summed E-state index contributed by atoms with van der Waals surface area (Å²) in [5.41, 5.74) is 3.90. The lowest BCUT2D eigenvalue weighted by molar-refractivity contribution is 0.587. The molecular weight excluding hydrogens is 364 g/mol. The molecule has 0 aliphatic carbocycles. The van der Waals surface area contributed by atoms with Gasteiger partial charge in [-0.1, -0.05) is 36.4 Å². The molecule has 0 atom stereocenters. The molecule has 0 unspecified atom stereocenters. The predicted molar refractivity (Wildman–Crippen MR) is 105 cm³/mol. The second-order valence-electron chi connectivity index (χ2n) is 6.13. The first-order valence-electron chi connectivity index (χ1n) is 8.41. The highest BCUT2D eigenvalue weighted by molar-refractivity contribution is 7.88. The second-order valence-corrected chi connectivity index (χ2v) is 8.06. The van der Waals surface area contributed by atoms with Crippen molar-refractivity contribution in [3.8, 4) is 0 Å². The Balaban J connectivity index is 1.53. The molecule has 0 spiro atoms. The summed E-state index contributed by atoms with van der Waals surface area (Å²) in [6.45, 7) is 0.530. The quantitative estimate of drug-likeness (QED) is 0.532. The van der Waals surface area contributed by atoms with Crippen LogP contribution in [-0.2, 0) is 22.3 Å². The number of nitrogens with one attached hydrogen (secondary N) is 2. The largest absolute Gasteiger partial charge is 0.450 e. The van der Waals surface area contributed by atoms with Gasteiger partial charge in [-0.2, -0.15) is 0 Å². The second kappa shape index (κ2) is 6.98. The minimum Gasteiger partial charge on any atom is -0.450 e. The van der Waals surface area contributed by atoms with Crippen LogP contribution in [0, 0.1) is 0 Å². The fourth-order valence-corrected chi connectivity index (χ4v) is 3.66. The lowest BCUT2D eigenvalue weighted by Crippen LogP contribution is -2.20. The molecule has 0 amide bonds. The number of sulfonamides is 1. The number of benzene rings is 2. The number of para-hydroxylation sites is 1. The van der Waals surface area contributed by atoms with Crippen LogP contribution in [0.4, 0.5) is 5.82 Å². The van der Waals surface area contributed by atoms with Crippen LogP contribution in [-0.4, -0.2) is 25.4 Å². The number of rotatable bonds is 6. The molecule has 0 aliphatic heterocycles. The Morgan fingerprint density at radius 3 is 2.52 bits per heavy atom. The third kappa shape index (κ3) is 3.62. The minimum atomic E-state index is -3.27. The zero-order chi connectivity index (χ0) is 18.9. The van der Waals surface area contributed by atoms with Crippen molar-refractivity contribution in [1.82, 2.24) is 14.7 Å². The summed E-state index contributed by atoms with van der Waals surface area (Å²) in [6.07, 6.45) is 1.51. The molecule has 2 aromatic carbocycles. The zero-order valence-electron chi connectivity index (χ0n) is 14.6. The van der Waals surface area contributed by atoms with Crippen LogP contribution in [0.2, 0.25) is 0 Å². The highest BCUT2D eigenvalue weighted by atomic mass is 32.2. The predicted octanol–water partition coefficient (Wildman–Crippen LogP) is 3.04. The van der Waals surface area contributed by atoms with Gasteiger partial charge >= 0.3 is 0 Å². The van der Waals surface area contributed by atoms with Crippen LogP contribution in [0.1, 0.15) is 11.1 Å². The van der Waals surface area contributed by atoms with Crippen molar-refractivity contribution in [3.63, 3.8) is 0 Å². The summed E-state index contributed by atoms with van der Waals surface area (Å²) in [7, 11) is -1.86. The van der Waals surface area contributed by atoms with Gasteiger partial charge in [-0.15, -0.1) is 0 Å². The molecule has 0 aliphatic rings. The topological polar surface area (TPSA) is 97.1 Å². The van der Waals surface area contributed by atoms with Crippen molar-refractivity contribution < 1.29 is 12.8 Å². The highest BCUT2D eigenvalue weighted by Crippen LogP contribution is 2.30. The maximum Gasteiger partial charge on any atom is 0.215 e. The Morgan fingerprint density at radius 1 is 1.00 bits per heavy atom. The van der Waals surface area contributed by atoms with Crippen molar-refractivity contribution >= 4 is 37.9 Å². The molecule has 0 saturated carbocycles. The first-order chi connectivity index (χ1) is 13.1. The molecule has 2 N–H and O–H groups in total. The average Bonchev–Trinajstić information content (AvgIpc) is 3.07. The molecular formula is C19H18N4O3S. The number of nitrogens with zero attached hydrogens (tertiary/aromatic N) is 2. The van der Waals surface area contributed by atoms with Gasteiger partial charge in [-0.25, -0.2) is 23.1 Å². The Morgan fingerprint density at radius 2 is 1.74 bits per heavy atom. The lowest BCUT2D eigenvalue weighted by atomic mass is 10.1. The fourth-order valence-electron chi connectivity index (χ4n) is 2.88. The van der Waals surface area contributed by atoms with Crippen LogP contribution in [0.25, 0.3) is 22.1 Å². The van der Waals surface area contributed by atoms with E-state index in [0.29, 0.717) is 17.9 Å². The van der Waals surface area contributed by atoms with Gasteiger partial charge in [-0.05, 0) is 30.3 Å². The standard InChI is InChI=1S/C19H18N4O3S/c1-20-27(24,25)11-14-8-6-13(7-9-14)10-21-19-18-17(22-12-23-19)15-4-2-3-5-16(15)26-18/h2-9,12,20H,10-11H2,1H3,(H,21,22,23). The monoisotopic (exact) mass is 382 g/mol. The number of fused-ring (bicyclic) bond motifs is 3. The maximum atomic E-state index is 11.6. The minimum absolute atomic E-state index is 0.0390. The van der Waals surface area contributed by atoms with E-state index >= 15 is 0 Å². The first kappa shape index (κ1) is 17.4. The van der Waals surface area contributed by atoms with Gasteiger partial charge in [0.2, 0.25) is 10.0 Å². The van der Waals surface area contributed by atoms with Crippen molar-refractivity contribution in [2.75, 3.05) is 12.4 Å². The summed E-state index contributed by atoms with van der Waals surface area (Å²) in [5.74, 6) is 0.584. The molecule has 2 heterocycles. The van der Waals surface area contributed by atoms with E-state index in [1.807, 2.05) is 48.5 Å². The van der Waals surface area contributed by atoms with Gasteiger partial charge in [0.1, 0.15) is 17.4 Å². The van der Waals surface area contributed by atoms with E-state index in [1.165, 1.54) is 13.4 Å².